The largest absolute Gasteiger partial charge is 0.416 e. The molecule has 0 aliphatic heterocycles. The van der Waals surface area contributed by atoms with Crippen LogP contribution < -0.4 is 0 Å². The molecule has 1 N–H and O–H groups in total. The fourth-order valence-electron chi connectivity index (χ4n) is 2.16. The Kier molecular flexibility index (Phi) is 3.80. The molecule has 1 unspecified atom stereocenters. The van der Waals surface area contributed by atoms with Crippen molar-refractivity contribution in [1.29, 1.82) is 0 Å². The Labute approximate surface area is 119 Å². The van der Waals surface area contributed by atoms with Gasteiger partial charge >= 0.3 is 6.18 Å². The zero-order valence-corrected chi connectivity index (χ0v) is 11.3. The maximum absolute atomic E-state index is 13.1. The minimum atomic E-state index is -4.54. The Morgan fingerprint density at radius 3 is 1.80 bits per heavy atom. The van der Waals surface area contributed by atoms with Crippen LogP contribution in [0.5, 0.6) is 0 Å². The minimum absolute atomic E-state index is 0.217. The van der Waals surface area contributed by atoms with E-state index in [9.17, 15) is 18.3 Å². The first-order chi connectivity index (χ1) is 9.24. The number of alkyl halides is 3. The number of rotatable bonds is 2. The monoisotopic (exact) mass is 300 g/mol. The molecule has 1 atom stereocenters. The lowest BCUT2D eigenvalue weighted by atomic mass is 9.85. The van der Waals surface area contributed by atoms with E-state index in [1.54, 1.807) is 12.1 Å². The average molecular weight is 301 g/mol. The molecule has 20 heavy (non-hydrogen) atoms. The van der Waals surface area contributed by atoms with Gasteiger partial charge in [-0.15, -0.1) is 0 Å². The zero-order chi connectivity index (χ0) is 15.0. The van der Waals surface area contributed by atoms with Crippen molar-refractivity contribution < 1.29 is 18.3 Å². The van der Waals surface area contributed by atoms with Crippen LogP contribution in [0.4, 0.5) is 13.2 Å². The van der Waals surface area contributed by atoms with Crippen molar-refractivity contribution in [2.75, 3.05) is 0 Å². The summed E-state index contributed by atoms with van der Waals surface area (Å²) in [6.07, 6.45) is -4.54. The second kappa shape index (κ2) is 5.11. The normalized spacial score (nSPS) is 14.9. The molecule has 2 aromatic rings. The lowest BCUT2D eigenvalue weighted by Crippen LogP contribution is -2.27. The third kappa shape index (κ3) is 2.67. The molecule has 106 valence electrons. The van der Waals surface area contributed by atoms with Crippen molar-refractivity contribution in [2.45, 2.75) is 18.7 Å². The number of hydrogen-bond donors (Lipinski definition) is 1. The topological polar surface area (TPSA) is 20.2 Å². The summed E-state index contributed by atoms with van der Waals surface area (Å²) in [7, 11) is 0. The summed E-state index contributed by atoms with van der Waals surface area (Å²) in [6, 6.07) is 11.2. The fraction of sp³-hybridized carbons (Fsp3) is 0.200. The van der Waals surface area contributed by atoms with Gasteiger partial charge in [0.25, 0.3) is 0 Å². The zero-order valence-electron chi connectivity index (χ0n) is 10.6. The molecule has 0 heterocycles. The molecule has 5 heteroatoms. The molecule has 2 aromatic carbocycles. The maximum Gasteiger partial charge on any atom is 0.416 e. The minimum Gasteiger partial charge on any atom is -0.381 e. The van der Waals surface area contributed by atoms with E-state index in [1.807, 2.05) is 0 Å². The molecular weight excluding hydrogens is 289 g/mol. The van der Waals surface area contributed by atoms with Crippen LogP contribution >= 0.6 is 11.6 Å². The van der Waals surface area contributed by atoms with Gasteiger partial charge in [0.15, 0.2) is 0 Å². The lowest BCUT2D eigenvalue weighted by Gasteiger charge is -2.28. The van der Waals surface area contributed by atoms with Gasteiger partial charge in [-0.25, -0.2) is 0 Å². The van der Waals surface area contributed by atoms with Gasteiger partial charge < -0.3 is 5.11 Å². The van der Waals surface area contributed by atoms with Crippen LogP contribution in [0.2, 0.25) is 5.02 Å². The van der Waals surface area contributed by atoms with E-state index < -0.39 is 17.3 Å². The Morgan fingerprint density at radius 1 is 0.850 bits per heavy atom. The van der Waals surface area contributed by atoms with Crippen molar-refractivity contribution in [3.05, 3.63) is 70.2 Å². The molecule has 0 spiro atoms. The maximum atomic E-state index is 13.1. The van der Waals surface area contributed by atoms with E-state index in [2.05, 4.69) is 0 Å². The second-order valence-corrected chi connectivity index (χ2v) is 5.00. The molecular formula is C15H12ClF3O. The first-order valence-electron chi connectivity index (χ1n) is 5.88. The Balaban J connectivity index is 2.65. The highest BCUT2D eigenvalue weighted by Crippen LogP contribution is 2.41. The summed E-state index contributed by atoms with van der Waals surface area (Å²) in [5.74, 6) is 0. The predicted molar refractivity (Wildman–Crippen MR) is 71.6 cm³/mol. The third-order valence-corrected chi connectivity index (χ3v) is 3.48. The Morgan fingerprint density at radius 2 is 1.30 bits per heavy atom. The average Bonchev–Trinajstić information content (AvgIpc) is 2.38. The van der Waals surface area contributed by atoms with Gasteiger partial charge in [0.2, 0.25) is 0 Å². The van der Waals surface area contributed by atoms with Crippen molar-refractivity contribution in [2.24, 2.45) is 0 Å². The molecule has 0 saturated carbocycles. The molecule has 0 aliphatic carbocycles. The number of benzene rings is 2. The molecule has 2 rings (SSSR count). The Bertz CT molecular complexity index is 621. The quantitative estimate of drug-likeness (QED) is 0.858. The van der Waals surface area contributed by atoms with E-state index in [4.69, 9.17) is 11.6 Å². The van der Waals surface area contributed by atoms with Gasteiger partial charge in [-0.3, -0.25) is 0 Å². The van der Waals surface area contributed by atoms with Gasteiger partial charge in [0.1, 0.15) is 5.60 Å². The van der Waals surface area contributed by atoms with E-state index in [-0.39, 0.29) is 16.1 Å². The van der Waals surface area contributed by atoms with E-state index in [0.29, 0.717) is 0 Å². The van der Waals surface area contributed by atoms with E-state index in [1.165, 1.54) is 37.3 Å². The summed E-state index contributed by atoms with van der Waals surface area (Å²) in [6.45, 7) is 1.30. The van der Waals surface area contributed by atoms with Crippen LogP contribution in [0.15, 0.2) is 48.5 Å². The van der Waals surface area contributed by atoms with Crippen LogP contribution in [-0.2, 0) is 11.8 Å². The van der Waals surface area contributed by atoms with Crippen molar-refractivity contribution in [3.63, 3.8) is 0 Å². The standard InChI is InChI=1S/C15H12ClF3O/c1-14(20,12-8-4-5-9-13(12)16)10-6-2-3-7-11(10)15(17,18)19/h2-9,20H,1H3. The highest BCUT2D eigenvalue weighted by Gasteiger charge is 2.39. The predicted octanol–water partition coefficient (Wildman–Crippen LogP) is 4.61. The number of hydrogen-bond acceptors (Lipinski definition) is 1. The molecule has 0 saturated heterocycles. The first kappa shape index (κ1) is 14.9. The number of aliphatic hydroxyl groups is 1. The summed E-state index contributed by atoms with van der Waals surface area (Å²) in [5.41, 5.74) is -2.69. The van der Waals surface area contributed by atoms with Crippen LogP contribution in [-0.4, -0.2) is 5.11 Å². The highest BCUT2D eigenvalue weighted by molar-refractivity contribution is 6.31. The fourth-order valence-corrected chi connectivity index (χ4v) is 2.48. The summed E-state index contributed by atoms with van der Waals surface area (Å²) < 4.78 is 39.2. The molecule has 0 bridgehead atoms. The Hall–Kier alpha value is -1.52. The van der Waals surface area contributed by atoms with Gasteiger partial charge in [0, 0.05) is 10.6 Å². The van der Waals surface area contributed by atoms with Crippen molar-refractivity contribution >= 4 is 11.6 Å². The molecule has 0 amide bonds. The molecule has 0 aliphatic rings. The van der Waals surface area contributed by atoms with Crippen LogP contribution in [0.25, 0.3) is 0 Å². The summed E-state index contributed by atoms with van der Waals surface area (Å²) in [4.78, 5) is 0. The van der Waals surface area contributed by atoms with Gasteiger partial charge in [-0.05, 0) is 24.6 Å². The lowest BCUT2D eigenvalue weighted by molar-refractivity contribution is -0.139. The molecule has 0 radical (unpaired) electrons. The second-order valence-electron chi connectivity index (χ2n) is 4.60. The highest BCUT2D eigenvalue weighted by atomic mass is 35.5. The summed E-state index contributed by atoms with van der Waals surface area (Å²) >= 11 is 5.98. The third-order valence-electron chi connectivity index (χ3n) is 3.16. The first-order valence-corrected chi connectivity index (χ1v) is 6.26. The van der Waals surface area contributed by atoms with Gasteiger partial charge in [-0.1, -0.05) is 48.0 Å². The smallest absolute Gasteiger partial charge is 0.381 e. The van der Waals surface area contributed by atoms with Gasteiger partial charge in [-0.2, -0.15) is 13.2 Å². The van der Waals surface area contributed by atoms with E-state index >= 15 is 0 Å². The van der Waals surface area contributed by atoms with Gasteiger partial charge in [0.05, 0.1) is 5.56 Å². The van der Waals surface area contributed by atoms with Crippen molar-refractivity contribution in [1.82, 2.24) is 0 Å². The van der Waals surface area contributed by atoms with Crippen LogP contribution in [0.3, 0.4) is 0 Å². The van der Waals surface area contributed by atoms with Crippen LogP contribution in [0.1, 0.15) is 23.6 Å². The number of halogens is 4. The van der Waals surface area contributed by atoms with Crippen molar-refractivity contribution in [3.8, 4) is 0 Å². The summed E-state index contributed by atoms with van der Waals surface area (Å²) in [5, 5.41) is 10.8. The SMILES string of the molecule is CC(O)(c1ccccc1Cl)c1ccccc1C(F)(F)F. The van der Waals surface area contributed by atoms with Crippen LogP contribution in [0, 0.1) is 0 Å². The molecule has 0 aromatic heterocycles. The molecule has 0 fully saturated rings. The van der Waals surface area contributed by atoms with E-state index in [0.717, 1.165) is 6.07 Å². The molecule has 1 nitrogen and oxygen atoms in total.